The molecule has 5 rings (SSSR count). The predicted molar refractivity (Wildman–Crippen MR) is 199 cm³/mol. The molecular formula is C40H64N6O7. The summed E-state index contributed by atoms with van der Waals surface area (Å²) in [7, 11) is 0. The SMILES string of the molecule is CC1(C)CC(=O)N(C[C@@H](NC(=O)N[C@H](C(=O)N2C[C@]3(C[C@H]2C(=O)NC(CC2CCC2)C(=O)C(N)=O)C(C)(C)C32CCC2)C(C)(C)C)C(C)(C)C)C(=O)C1. The van der Waals surface area contributed by atoms with Crippen LogP contribution in [0.2, 0.25) is 0 Å². The van der Waals surface area contributed by atoms with Crippen molar-refractivity contribution in [1.29, 1.82) is 0 Å². The molecule has 2 aliphatic heterocycles. The van der Waals surface area contributed by atoms with Crippen molar-refractivity contribution in [2.75, 3.05) is 13.1 Å². The largest absolute Gasteiger partial charge is 0.363 e. The molecule has 2 saturated heterocycles. The third-order valence-corrected chi connectivity index (χ3v) is 14.0. The Hall–Kier alpha value is -3.51. The predicted octanol–water partition coefficient (Wildman–Crippen LogP) is 3.82. The van der Waals surface area contributed by atoms with Crippen LogP contribution in [0, 0.1) is 38.4 Å². The summed E-state index contributed by atoms with van der Waals surface area (Å²) < 4.78 is 0. The molecule has 296 valence electrons. The molecule has 5 N–H and O–H groups in total. The van der Waals surface area contributed by atoms with Gasteiger partial charge < -0.3 is 26.6 Å². The van der Waals surface area contributed by atoms with E-state index in [0.717, 1.165) is 38.5 Å². The zero-order valence-corrected chi connectivity index (χ0v) is 33.7. The fourth-order valence-electron chi connectivity index (χ4n) is 10.1. The fraction of sp³-hybridized carbons (Fsp3) is 0.825. The molecule has 5 fully saturated rings. The van der Waals surface area contributed by atoms with Crippen molar-refractivity contribution in [1.82, 2.24) is 25.8 Å². The van der Waals surface area contributed by atoms with Crippen LogP contribution in [0.3, 0.4) is 0 Å². The Morgan fingerprint density at radius 1 is 0.830 bits per heavy atom. The molecule has 5 atom stereocenters. The zero-order valence-electron chi connectivity index (χ0n) is 33.7. The van der Waals surface area contributed by atoms with Crippen molar-refractivity contribution in [3.05, 3.63) is 0 Å². The second kappa shape index (κ2) is 13.7. The first-order valence-corrected chi connectivity index (χ1v) is 19.6. The molecule has 53 heavy (non-hydrogen) atoms. The number of amides is 7. The molecule has 0 bridgehead atoms. The number of carbonyl (C=O) groups excluding carboxylic acids is 7. The van der Waals surface area contributed by atoms with Crippen LogP contribution in [0.25, 0.3) is 0 Å². The molecule has 1 unspecified atom stereocenters. The van der Waals surface area contributed by atoms with E-state index in [0.29, 0.717) is 19.4 Å². The van der Waals surface area contributed by atoms with Crippen LogP contribution in [-0.2, 0) is 28.8 Å². The van der Waals surface area contributed by atoms with E-state index >= 15 is 0 Å². The van der Waals surface area contributed by atoms with E-state index in [1.54, 1.807) is 4.90 Å². The van der Waals surface area contributed by atoms with Gasteiger partial charge in [0.05, 0.1) is 12.1 Å². The number of piperidine rings is 1. The lowest BCUT2D eigenvalue weighted by molar-refractivity contribution is -0.153. The molecule has 13 heteroatoms. The molecule has 3 saturated carbocycles. The number of nitrogens with zero attached hydrogens (tertiary/aromatic N) is 2. The smallest absolute Gasteiger partial charge is 0.315 e. The van der Waals surface area contributed by atoms with Gasteiger partial charge in [-0.15, -0.1) is 0 Å². The van der Waals surface area contributed by atoms with Crippen LogP contribution in [0.1, 0.15) is 133 Å². The first kappa shape index (κ1) is 40.7. The van der Waals surface area contributed by atoms with Gasteiger partial charge in [-0.1, -0.05) is 94.9 Å². The zero-order chi connectivity index (χ0) is 39.7. The number of hydrogen-bond donors (Lipinski definition) is 4. The topological polar surface area (TPSA) is 188 Å². The van der Waals surface area contributed by atoms with E-state index in [9.17, 15) is 33.6 Å². The van der Waals surface area contributed by atoms with Gasteiger partial charge in [0, 0.05) is 31.3 Å². The highest BCUT2D eigenvalue weighted by Gasteiger charge is 2.85. The van der Waals surface area contributed by atoms with Crippen molar-refractivity contribution in [3.8, 4) is 0 Å². The monoisotopic (exact) mass is 740 g/mol. The Kier molecular flexibility index (Phi) is 10.5. The van der Waals surface area contributed by atoms with Crippen molar-refractivity contribution in [2.24, 2.45) is 44.1 Å². The molecule has 7 amide bonds. The number of rotatable bonds is 11. The van der Waals surface area contributed by atoms with Gasteiger partial charge >= 0.3 is 6.03 Å². The summed E-state index contributed by atoms with van der Waals surface area (Å²) in [6.45, 7) is 19.8. The average molecular weight is 741 g/mol. The van der Waals surface area contributed by atoms with Gasteiger partial charge in [0.1, 0.15) is 12.1 Å². The summed E-state index contributed by atoms with van der Waals surface area (Å²) in [5.41, 5.74) is 3.21. The molecular weight excluding hydrogens is 676 g/mol. The number of primary amides is 1. The maximum absolute atomic E-state index is 14.9. The number of carbonyl (C=O) groups is 7. The van der Waals surface area contributed by atoms with E-state index in [4.69, 9.17) is 5.73 Å². The molecule has 0 aromatic heterocycles. The van der Waals surface area contributed by atoms with Crippen LogP contribution in [0.5, 0.6) is 0 Å². The number of nitrogens with one attached hydrogen (secondary N) is 3. The Labute approximate surface area is 315 Å². The van der Waals surface area contributed by atoms with E-state index < -0.39 is 69.9 Å². The summed E-state index contributed by atoms with van der Waals surface area (Å²) >= 11 is 0. The third-order valence-electron chi connectivity index (χ3n) is 14.0. The minimum Gasteiger partial charge on any atom is -0.363 e. The van der Waals surface area contributed by atoms with Gasteiger partial charge in [0.2, 0.25) is 29.4 Å². The van der Waals surface area contributed by atoms with Crippen LogP contribution in [0.15, 0.2) is 0 Å². The van der Waals surface area contributed by atoms with Crippen molar-refractivity contribution >= 4 is 41.4 Å². The second-order valence-corrected chi connectivity index (χ2v) is 20.4. The lowest BCUT2D eigenvalue weighted by Gasteiger charge is -2.40. The summed E-state index contributed by atoms with van der Waals surface area (Å²) in [6.07, 6.45) is 7.15. The number of likely N-dealkylation sites (tertiary alicyclic amines) is 2. The first-order chi connectivity index (χ1) is 24.3. The normalized spacial score (nSPS) is 27.7. The average Bonchev–Trinajstić information content (AvgIpc) is 3.18. The molecule has 0 radical (unpaired) electrons. The fourth-order valence-corrected chi connectivity index (χ4v) is 10.1. The lowest BCUT2D eigenvalue weighted by atomic mass is 9.73. The molecule has 13 nitrogen and oxygen atoms in total. The number of nitrogens with two attached hydrogens (primary N) is 1. The highest BCUT2D eigenvalue weighted by molar-refractivity contribution is 6.37. The highest BCUT2D eigenvalue weighted by Crippen LogP contribution is 2.88. The standard InChI is InChI=1S/C40H64N6O7/c1-35(2,3)26(21-45-27(47)19-37(7,8)20-28(45)48)43-34(53)44-30(36(4,5)6)33(52)46-22-40(38(9,10)39(40)15-12-16-39)18-25(46)32(51)42-24(29(49)31(41)50)17-23-13-11-14-23/h23-26,30H,11-22H2,1-10H3,(H2,41,50)(H,42,51)(H2,43,44,53)/t24?,25-,26+,30+,40+/m0/s1. The Morgan fingerprint density at radius 3 is 1.85 bits per heavy atom. The molecule has 3 aliphatic carbocycles. The minimum absolute atomic E-state index is 0.00109. The maximum atomic E-state index is 14.9. The maximum Gasteiger partial charge on any atom is 0.315 e. The minimum atomic E-state index is -1.10. The van der Waals surface area contributed by atoms with E-state index in [-0.39, 0.29) is 53.4 Å². The van der Waals surface area contributed by atoms with Crippen molar-refractivity contribution in [2.45, 2.75) is 158 Å². The van der Waals surface area contributed by atoms with Gasteiger partial charge in [-0.05, 0) is 58.7 Å². The quantitative estimate of drug-likeness (QED) is 0.183. The molecule has 5 aliphatic rings. The van der Waals surface area contributed by atoms with E-state index in [2.05, 4.69) is 29.8 Å². The summed E-state index contributed by atoms with van der Waals surface area (Å²) in [6, 6.07) is -4.28. The molecule has 2 heterocycles. The lowest BCUT2D eigenvalue weighted by Crippen LogP contribution is -2.62. The van der Waals surface area contributed by atoms with Crippen LogP contribution < -0.4 is 21.7 Å². The molecule has 2 spiro atoms. The van der Waals surface area contributed by atoms with Gasteiger partial charge in [0.15, 0.2) is 0 Å². The van der Waals surface area contributed by atoms with E-state index in [1.807, 2.05) is 55.4 Å². The van der Waals surface area contributed by atoms with Gasteiger partial charge in [-0.25, -0.2) is 4.79 Å². The first-order valence-electron chi connectivity index (χ1n) is 19.6. The molecule has 0 aromatic rings. The number of imide groups is 1. The second-order valence-electron chi connectivity index (χ2n) is 20.4. The van der Waals surface area contributed by atoms with Gasteiger partial charge in [0.25, 0.3) is 5.91 Å². The third kappa shape index (κ3) is 7.34. The number of Topliss-reactive ketones (excluding diaryl/α,β-unsaturated/α-hetero) is 1. The number of ketones is 1. The van der Waals surface area contributed by atoms with Crippen molar-refractivity contribution < 1.29 is 33.6 Å². The Morgan fingerprint density at radius 2 is 1.42 bits per heavy atom. The number of hydrogen-bond acceptors (Lipinski definition) is 7. The summed E-state index contributed by atoms with van der Waals surface area (Å²) in [5, 5.41) is 8.75. The van der Waals surface area contributed by atoms with Gasteiger partial charge in [-0.3, -0.25) is 33.7 Å². The number of urea groups is 1. The Bertz CT molecular complexity index is 1530. The van der Waals surface area contributed by atoms with Crippen LogP contribution >= 0.6 is 0 Å². The molecule has 0 aromatic carbocycles. The van der Waals surface area contributed by atoms with Crippen LogP contribution in [0.4, 0.5) is 4.79 Å². The van der Waals surface area contributed by atoms with Gasteiger partial charge in [-0.2, -0.15) is 0 Å². The summed E-state index contributed by atoms with van der Waals surface area (Å²) in [5.74, 6) is -3.19. The summed E-state index contributed by atoms with van der Waals surface area (Å²) in [4.78, 5) is 96.9. The van der Waals surface area contributed by atoms with E-state index in [1.165, 1.54) is 4.90 Å². The number of fused-ring (bicyclic) bond motifs is 1. The van der Waals surface area contributed by atoms with Crippen molar-refractivity contribution in [3.63, 3.8) is 0 Å². The highest BCUT2D eigenvalue weighted by atomic mass is 16.2. The van der Waals surface area contributed by atoms with Crippen LogP contribution in [-0.4, -0.2) is 88.4 Å². The Balaban J connectivity index is 1.38.